The van der Waals surface area contributed by atoms with E-state index >= 15 is 0 Å². The molecule has 0 radical (unpaired) electrons. The lowest BCUT2D eigenvalue weighted by Gasteiger charge is -2.18. The molecule has 1 aromatic rings. The van der Waals surface area contributed by atoms with E-state index < -0.39 is 10.0 Å². The van der Waals surface area contributed by atoms with Gasteiger partial charge in [-0.2, -0.15) is 9.40 Å². The number of nitrogens with one attached hydrogen (secondary N) is 1. The van der Waals surface area contributed by atoms with E-state index in [1.54, 1.807) is 7.05 Å². The van der Waals surface area contributed by atoms with Crippen LogP contribution in [0.25, 0.3) is 0 Å². The topological polar surface area (TPSA) is 69.3 Å². The van der Waals surface area contributed by atoms with Gasteiger partial charge in [-0.15, -0.1) is 0 Å². The number of aromatic amines is 1. The van der Waals surface area contributed by atoms with Crippen LogP contribution in [0.2, 0.25) is 0 Å². The molecule has 7 heteroatoms. The Hall–Kier alpha value is -0.920. The van der Waals surface area contributed by atoms with Gasteiger partial charge < -0.3 is 4.90 Å². The van der Waals surface area contributed by atoms with Gasteiger partial charge in [0, 0.05) is 20.1 Å². The highest BCUT2D eigenvalue weighted by atomic mass is 32.2. The largest absolute Gasteiger partial charge is 0.308 e. The van der Waals surface area contributed by atoms with Crippen LogP contribution >= 0.6 is 0 Å². The van der Waals surface area contributed by atoms with E-state index in [0.717, 1.165) is 0 Å². The summed E-state index contributed by atoms with van der Waals surface area (Å²) in [4.78, 5) is 1.93. The minimum atomic E-state index is -3.40. The molecule has 1 N–H and O–H groups in total. The first-order valence-electron chi connectivity index (χ1n) is 4.55. The number of aromatic nitrogens is 2. The number of likely N-dealkylation sites (N-methyl/N-ethyl adjacent to an activating group) is 2. The van der Waals surface area contributed by atoms with Crippen LogP contribution in [0.1, 0.15) is 0 Å². The minimum Gasteiger partial charge on any atom is -0.308 e. The van der Waals surface area contributed by atoms with E-state index in [4.69, 9.17) is 0 Å². The summed E-state index contributed by atoms with van der Waals surface area (Å²) in [5, 5.41) is 6.21. The highest BCUT2D eigenvalue weighted by molar-refractivity contribution is 7.89. The van der Waals surface area contributed by atoms with Crippen LogP contribution in [0.3, 0.4) is 0 Å². The maximum Gasteiger partial charge on any atom is 0.259 e. The molecule has 15 heavy (non-hydrogen) atoms. The van der Waals surface area contributed by atoms with E-state index in [0.29, 0.717) is 13.1 Å². The molecular weight excluding hydrogens is 216 g/mol. The summed E-state index contributed by atoms with van der Waals surface area (Å²) in [5.41, 5.74) is 0. The number of hydrogen-bond donors (Lipinski definition) is 1. The molecule has 0 atom stereocenters. The number of rotatable bonds is 5. The molecule has 6 nitrogen and oxygen atoms in total. The predicted molar refractivity (Wildman–Crippen MR) is 57.0 cm³/mol. The lowest BCUT2D eigenvalue weighted by Crippen LogP contribution is -2.33. The van der Waals surface area contributed by atoms with Crippen LogP contribution in [-0.2, 0) is 10.0 Å². The third-order valence-corrected chi connectivity index (χ3v) is 3.81. The third kappa shape index (κ3) is 3.01. The second-order valence-electron chi connectivity index (χ2n) is 3.55. The molecule has 0 amide bonds. The molecule has 0 unspecified atom stereocenters. The fraction of sp³-hybridized carbons (Fsp3) is 0.625. The van der Waals surface area contributed by atoms with Crippen molar-refractivity contribution < 1.29 is 8.42 Å². The first kappa shape index (κ1) is 12.2. The third-order valence-electron chi connectivity index (χ3n) is 2.03. The quantitative estimate of drug-likeness (QED) is 0.749. The van der Waals surface area contributed by atoms with Crippen molar-refractivity contribution in [3.8, 4) is 0 Å². The normalized spacial score (nSPS) is 12.6. The summed E-state index contributed by atoms with van der Waals surface area (Å²) in [6.07, 6.45) is 1.42. The van der Waals surface area contributed by atoms with Gasteiger partial charge in [-0.25, -0.2) is 8.42 Å². The van der Waals surface area contributed by atoms with Crippen molar-refractivity contribution in [1.82, 2.24) is 19.4 Å². The molecule has 0 spiro atoms. The van der Waals surface area contributed by atoms with E-state index in [1.807, 2.05) is 19.0 Å². The van der Waals surface area contributed by atoms with Gasteiger partial charge in [0.1, 0.15) is 0 Å². The molecule has 0 aromatic carbocycles. The smallest absolute Gasteiger partial charge is 0.259 e. The van der Waals surface area contributed by atoms with E-state index in [-0.39, 0.29) is 5.03 Å². The van der Waals surface area contributed by atoms with Gasteiger partial charge in [-0.1, -0.05) is 0 Å². The summed E-state index contributed by atoms with van der Waals surface area (Å²) in [7, 11) is 1.95. The minimum absolute atomic E-state index is 0.128. The van der Waals surface area contributed by atoms with Crippen molar-refractivity contribution in [2.75, 3.05) is 34.2 Å². The van der Waals surface area contributed by atoms with Gasteiger partial charge in [-0.05, 0) is 20.2 Å². The summed E-state index contributed by atoms with van der Waals surface area (Å²) < 4.78 is 25.0. The Labute approximate surface area is 89.9 Å². The average Bonchev–Trinajstić information content (AvgIpc) is 2.66. The predicted octanol–water partition coefficient (Wildman–Crippen LogP) is -0.408. The van der Waals surface area contributed by atoms with E-state index in [9.17, 15) is 8.42 Å². The Bertz CT molecular complexity index is 385. The molecule has 1 heterocycles. The zero-order valence-corrected chi connectivity index (χ0v) is 9.95. The van der Waals surface area contributed by atoms with Crippen LogP contribution in [0.5, 0.6) is 0 Å². The lowest BCUT2D eigenvalue weighted by atomic mass is 10.6. The van der Waals surface area contributed by atoms with Crippen molar-refractivity contribution in [2.45, 2.75) is 5.03 Å². The SMILES string of the molecule is CN(C)CCN(C)S(=O)(=O)c1ccn[nH]1. The molecule has 0 aliphatic heterocycles. The van der Waals surface area contributed by atoms with Crippen molar-refractivity contribution in [3.63, 3.8) is 0 Å². The maximum atomic E-state index is 11.8. The van der Waals surface area contributed by atoms with Gasteiger partial charge in [0.05, 0.1) is 6.20 Å². The standard InChI is InChI=1S/C8H16N4O2S/c1-11(2)6-7-12(3)15(13,14)8-4-5-9-10-8/h4-5H,6-7H2,1-3H3,(H,9,10). The Morgan fingerprint density at radius 3 is 2.47 bits per heavy atom. The molecule has 1 aromatic heterocycles. The lowest BCUT2D eigenvalue weighted by molar-refractivity contribution is 0.358. The zero-order valence-electron chi connectivity index (χ0n) is 9.14. The number of hydrogen-bond acceptors (Lipinski definition) is 4. The van der Waals surface area contributed by atoms with Gasteiger partial charge in [0.2, 0.25) is 0 Å². The van der Waals surface area contributed by atoms with Crippen LogP contribution in [-0.4, -0.2) is 62.1 Å². The number of sulfonamides is 1. The summed E-state index contributed by atoms with van der Waals surface area (Å²) in [5.74, 6) is 0. The molecule has 0 bridgehead atoms. The molecule has 0 saturated heterocycles. The second-order valence-corrected chi connectivity index (χ2v) is 5.56. The van der Waals surface area contributed by atoms with Gasteiger partial charge in [-0.3, -0.25) is 5.10 Å². The maximum absolute atomic E-state index is 11.8. The van der Waals surface area contributed by atoms with E-state index in [2.05, 4.69) is 10.2 Å². The molecule has 0 fully saturated rings. The van der Waals surface area contributed by atoms with E-state index in [1.165, 1.54) is 16.6 Å². The summed E-state index contributed by atoms with van der Waals surface area (Å²) in [6.45, 7) is 1.14. The van der Waals surface area contributed by atoms with Crippen LogP contribution in [0.15, 0.2) is 17.3 Å². The molecule has 1 rings (SSSR count). The van der Waals surface area contributed by atoms with Gasteiger partial charge in [0.15, 0.2) is 5.03 Å². The average molecular weight is 232 g/mol. The Morgan fingerprint density at radius 1 is 1.33 bits per heavy atom. The Kier molecular flexibility index (Phi) is 3.83. The summed E-state index contributed by atoms with van der Waals surface area (Å²) >= 11 is 0. The van der Waals surface area contributed by atoms with Crippen molar-refractivity contribution in [2.24, 2.45) is 0 Å². The molecular formula is C8H16N4O2S. The molecule has 0 aliphatic carbocycles. The fourth-order valence-electron chi connectivity index (χ4n) is 1.02. The summed E-state index contributed by atoms with van der Waals surface area (Å²) in [6, 6.07) is 1.45. The highest BCUT2D eigenvalue weighted by Crippen LogP contribution is 2.09. The van der Waals surface area contributed by atoms with Gasteiger partial charge >= 0.3 is 0 Å². The number of nitrogens with zero attached hydrogens (tertiary/aromatic N) is 3. The number of H-pyrrole nitrogens is 1. The highest BCUT2D eigenvalue weighted by Gasteiger charge is 2.21. The molecule has 0 saturated carbocycles. The first-order chi connectivity index (χ1) is 6.94. The van der Waals surface area contributed by atoms with Gasteiger partial charge in [0.25, 0.3) is 10.0 Å². The van der Waals surface area contributed by atoms with Crippen LogP contribution in [0.4, 0.5) is 0 Å². The fourth-order valence-corrected chi connectivity index (χ4v) is 2.07. The monoisotopic (exact) mass is 232 g/mol. The van der Waals surface area contributed by atoms with Crippen LogP contribution in [0, 0.1) is 0 Å². The van der Waals surface area contributed by atoms with Crippen molar-refractivity contribution in [1.29, 1.82) is 0 Å². The first-order valence-corrected chi connectivity index (χ1v) is 5.99. The van der Waals surface area contributed by atoms with Crippen LogP contribution < -0.4 is 0 Å². The Morgan fingerprint density at radius 2 is 2.00 bits per heavy atom. The van der Waals surface area contributed by atoms with Crippen molar-refractivity contribution >= 4 is 10.0 Å². The second kappa shape index (κ2) is 4.73. The van der Waals surface area contributed by atoms with Crippen molar-refractivity contribution in [3.05, 3.63) is 12.3 Å². The molecule has 0 aliphatic rings. The molecule has 86 valence electrons. The Balaban J connectivity index is 2.71. The zero-order chi connectivity index (χ0) is 11.5.